The first-order chi connectivity index (χ1) is 9.15. The molecule has 0 aromatic rings. The van der Waals surface area contributed by atoms with E-state index in [1.165, 1.54) is 70.6 Å². The minimum absolute atomic E-state index is 0.468. The zero-order chi connectivity index (χ0) is 14.1. The van der Waals surface area contributed by atoms with Crippen LogP contribution in [0.4, 0.5) is 0 Å². The Hall–Kier alpha value is 0.290. The molecular weight excluding hydrogens is 252 g/mol. The maximum atomic E-state index is 6.53. The van der Waals surface area contributed by atoms with Crippen LogP contribution in [-0.2, 0) is 0 Å². The fourth-order valence-corrected chi connectivity index (χ4v) is 3.89. The molecule has 0 saturated heterocycles. The molecule has 0 aromatic heterocycles. The van der Waals surface area contributed by atoms with Crippen LogP contribution in [0.1, 0.15) is 91.4 Å². The molecule has 3 atom stereocenters. The summed E-state index contributed by atoms with van der Waals surface area (Å²) in [5.41, 5.74) is 0. The summed E-state index contributed by atoms with van der Waals surface area (Å²) in [6, 6.07) is 0. The van der Waals surface area contributed by atoms with Gasteiger partial charge in [0.1, 0.15) is 0 Å². The number of rotatable bonds is 9. The molecule has 0 spiro atoms. The van der Waals surface area contributed by atoms with E-state index in [0.717, 1.165) is 17.8 Å². The predicted molar refractivity (Wildman–Crippen MR) is 87.9 cm³/mol. The highest BCUT2D eigenvalue weighted by Gasteiger charge is 2.29. The van der Waals surface area contributed by atoms with Crippen LogP contribution >= 0.6 is 11.6 Å². The fourth-order valence-electron chi connectivity index (χ4n) is 3.53. The summed E-state index contributed by atoms with van der Waals surface area (Å²) in [5.74, 6) is 2.59. The Morgan fingerprint density at radius 3 is 2.21 bits per heavy atom. The standard InChI is InChI=1S/C18H35Cl/c1-4-5-6-7-8-9-10-11-17-14-16(15(2)3)12-13-18(17)19/h15-18H,4-14H2,1-3H3. The van der Waals surface area contributed by atoms with Gasteiger partial charge >= 0.3 is 0 Å². The van der Waals surface area contributed by atoms with Gasteiger partial charge in [0.05, 0.1) is 0 Å². The van der Waals surface area contributed by atoms with Crippen LogP contribution < -0.4 is 0 Å². The molecule has 0 nitrogen and oxygen atoms in total. The number of hydrogen-bond acceptors (Lipinski definition) is 0. The van der Waals surface area contributed by atoms with E-state index >= 15 is 0 Å². The molecule has 0 amide bonds. The van der Waals surface area contributed by atoms with E-state index in [-0.39, 0.29) is 0 Å². The summed E-state index contributed by atoms with van der Waals surface area (Å²) < 4.78 is 0. The summed E-state index contributed by atoms with van der Waals surface area (Å²) in [6.07, 6.45) is 15.3. The van der Waals surface area contributed by atoms with Gasteiger partial charge in [-0.3, -0.25) is 0 Å². The van der Waals surface area contributed by atoms with Crippen LogP contribution in [0.15, 0.2) is 0 Å². The number of halogens is 1. The van der Waals surface area contributed by atoms with Crippen LogP contribution in [0, 0.1) is 17.8 Å². The van der Waals surface area contributed by atoms with Crippen molar-refractivity contribution in [1.29, 1.82) is 0 Å². The molecule has 1 heteroatoms. The lowest BCUT2D eigenvalue weighted by atomic mass is 9.74. The average Bonchev–Trinajstić information content (AvgIpc) is 2.39. The second-order valence-electron chi connectivity index (χ2n) is 7.00. The zero-order valence-electron chi connectivity index (χ0n) is 13.5. The Morgan fingerprint density at radius 1 is 0.947 bits per heavy atom. The third kappa shape index (κ3) is 7.02. The van der Waals surface area contributed by atoms with E-state index in [0.29, 0.717) is 5.38 Å². The molecule has 3 unspecified atom stereocenters. The maximum absolute atomic E-state index is 6.53. The van der Waals surface area contributed by atoms with Crippen LogP contribution in [0.3, 0.4) is 0 Å². The molecule has 1 aliphatic carbocycles. The molecule has 19 heavy (non-hydrogen) atoms. The van der Waals surface area contributed by atoms with Crippen molar-refractivity contribution in [2.45, 2.75) is 96.8 Å². The van der Waals surface area contributed by atoms with Gasteiger partial charge in [0.2, 0.25) is 0 Å². The first kappa shape index (κ1) is 17.3. The SMILES string of the molecule is CCCCCCCCCC1CC(C(C)C)CCC1Cl. The van der Waals surface area contributed by atoms with Crippen molar-refractivity contribution in [1.82, 2.24) is 0 Å². The first-order valence-electron chi connectivity index (χ1n) is 8.79. The van der Waals surface area contributed by atoms with Crippen molar-refractivity contribution in [2.75, 3.05) is 0 Å². The van der Waals surface area contributed by atoms with Gasteiger partial charge in [-0.1, -0.05) is 65.7 Å². The highest BCUT2D eigenvalue weighted by molar-refractivity contribution is 6.20. The van der Waals surface area contributed by atoms with Crippen molar-refractivity contribution in [2.24, 2.45) is 17.8 Å². The van der Waals surface area contributed by atoms with Gasteiger partial charge < -0.3 is 0 Å². The summed E-state index contributed by atoms with van der Waals surface area (Å²) in [7, 11) is 0. The third-order valence-corrected chi connectivity index (χ3v) is 5.63. The molecule has 1 rings (SSSR count). The first-order valence-corrected chi connectivity index (χ1v) is 9.22. The van der Waals surface area contributed by atoms with Gasteiger partial charge in [-0.25, -0.2) is 0 Å². The molecule has 114 valence electrons. The molecule has 1 aliphatic rings. The third-order valence-electron chi connectivity index (χ3n) is 5.05. The number of alkyl halides is 1. The summed E-state index contributed by atoms with van der Waals surface area (Å²) in [4.78, 5) is 0. The second kappa shape index (κ2) is 10.1. The lowest BCUT2D eigenvalue weighted by Crippen LogP contribution is -2.27. The molecule has 0 aliphatic heterocycles. The Labute approximate surface area is 126 Å². The van der Waals surface area contributed by atoms with E-state index in [1.807, 2.05) is 0 Å². The van der Waals surface area contributed by atoms with Crippen molar-refractivity contribution in [3.8, 4) is 0 Å². The van der Waals surface area contributed by atoms with E-state index in [9.17, 15) is 0 Å². The van der Waals surface area contributed by atoms with E-state index in [2.05, 4.69) is 20.8 Å². The highest BCUT2D eigenvalue weighted by Crippen LogP contribution is 2.38. The topological polar surface area (TPSA) is 0 Å². The average molecular weight is 287 g/mol. The Morgan fingerprint density at radius 2 is 1.58 bits per heavy atom. The Balaban J connectivity index is 2.09. The van der Waals surface area contributed by atoms with Gasteiger partial charge in [0.15, 0.2) is 0 Å². The molecular formula is C18H35Cl. The maximum Gasteiger partial charge on any atom is 0.0364 e. The molecule has 0 N–H and O–H groups in total. The number of unbranched alkanes of at least 4 members (excludes halogenated alkanes) is 6. The normalized spacial score (nSPS) is 27.9. The summed E-state index contributed by atoms with van der Waals surface area (Å²) >= 11 is 6.53. The molecule has 0 heterocycles. The van der Waals surface area contributed by atoms with Crippen LogP contribution in [0.25, 0.3) is 0 Å². The van der Waals surface area contributed by atoms with E-state index in [4.69, 9.17) is 11.6 Å². The largest absolute Gasteiger partial charge is 0.123 e. The lowest BCUT2D eigenvalue weighted by molar-refractivity contribution is 0.208. The minimum Gasteiger partial charge on any atom is -0.123 e. The summed E-state index contributed by atoms with van der Waals surface area (Å²) in [5, 5.41) is 0.468. The van der Waals surface area contributed by atoms with Crippen molar-refractivity contribution in [3.63, 3.8) is 0 Å². The van der Waals surface area contributed by atoms with Crippen molar-refractivity contribution in [3.05, 3.63) is 0 Å². The summed E-state index contributed by atoms with van der Waals surface area (Å²) in [6.45, 7) is 7.04. The minimum atomic E-state index is 0.468. The molecule has 1 fully saturated rings. The predicted octanol–water partition coefficient (Wildman–Crippen LogP) is 6.81. The zero-order valence-corrected chi connectivity index (χ0v) is 14.2. The molecule has 0 bridgehead atoms. The van der Waals surface area contributed by atoms with Gasteiger partial charge in [0.25, 0.3) is 0 Å². The van der Waals surface area contributed by atoms with Crippen molar-refractivity contribution >= 4 is 11.6 Å². The Bertz CT molecular complexity index is 212. The van der Waals surface area contributed by atoms with Crippen molar-refractivity contribution < 1.29 is 0 Å². The molecule has 0 aromatic carbocycles. The smallest absolute Gasteiger partial charge is 0.0364 e. The lowest BCUT2D eigenvalue weighted by Gasteiger charge is -2.35. The highest BCUT2D eigenvalue weighted by atomic mass is 35.5. The van der Waals surface area contributed by atoms with Gasteiger partial charge in [-0.05, 0) is 43.4 Å². The monoisotopic (exact) mass is 286 g/mol. The Kier molecular flexibility index (Phi) is 9.20. The van der Waals surface area contributed by atoms with E-state index < -0.39 is 0 Å². The second-order valence-corrected chi connectivity index (χ2v) is 7.56. The van der Waals surface area contributed by atoms with Gasteiger partial charge in [-0.15, -0.1) is 11.6 Å². The van der Waals surface area contributed by atoms with Gasteiger partial charge in [-0.2, -0.15) is 0 Å². The van der Waals surface area contributed by atoms with Crippen LogP contribution in [0.5, 0.6) is 0 Å². The van der Waals surface area contributed by atoms with Crippen LogP contribution in [-0.4, -0.2) is 5.38 Å². The number of hydrogen-bond donors (Lipinski definition) is 0. The van der Waals surface area contributed by atoms with E-state index in [1.54, 1.807) is 0 Å². The molecule has 0 radical (unpaired) electrons. The van der Waals surface area contributed by atoms with Crippen LogP contribution in [0.2, 0.25) is 0 Å². The molecule has 1 saturated carbocycles. The van der Waals surface area contributed by atoms with Gasteiger partial charge in [0, 0.05) is 5.38 Å². The quantitative estimate of drug-likeness (QED) is 0.323. The fraction of sp³-hybridized carbons (Fsp3) is 1.00.